The second-order valence-electron chi connectivity index (χ2n) is 5.76. The van der Waals surface area contributed by atoms with Gasteiger partial charge in [-0.3, -0.25) is 9.20 Å². The van der Waals surface area contributed by atoms with Crippen LogP contribution in [0.2, 0.25) is 0 Å². The summed E-state index contributed by atoms with van der Waals surface area (Å²) in [7, 11) is 0. The summed E-state index contributed by atoms with van der Waals surface area (Å²) in [6.07, 6.45) is -2.54. The number of rotatable bonds is 4. The molecule has 0 unspecified atom stereocenters. The van der Waals surface area contributed by atoms with Gasteiger partial charge in [0.15, 0.2) is 5.69 Å². The molecule has 3 aromatic rings. The third-order valence-electron chi connectivity index (χ3n) is 3.89. The first kappa shape index (κ1) is 19.1. The SMILES string of the molecule is NOC(=O)c1c(CC(N)=O)nc2ccc(-c3cnc(N)c(C(F)(F)F)c3)cn12. The van der Waals surface area contributed by atoms with Crippen molar-refractivity contribution in [3.05, 3.63) is 47.5 Å². The molecule has 0 aromatic carbocycles. The van der Waals surface area contributed by atoms with Gasteiger partial charge in [0.2, 0.25) is 5.91 Å². The smallest absolute Gasteiger partial charge is 0.383 e. The highest BCUT2D eigenvalue weighted by Crippen LogP contribution is 2.35. The van der Waals surface area contributed by atoms with Gasteiger partial charge >= 0.3 is 12.1 Å². The Balaban J connectivity index is 2.19. The molecule has 9 nitrogen and oxygen atoms in total. The van der Waals surface area contributed by atoms with Gasteiger partial charge in [0.05, 0.1) is 17.7 Å². The Bertz CT molecular complexity index is 1090. The number of fused-ring (bicyclic) bond motifs is 1. The van der Waals surface area contributed by atoms with Crippen molar-refractivity contribution in [3.63, 3.8) is 0 Å². The summed E-state index contributed by atoms with van der Waals surface area (Å²) in [6.45, 7) is 0. The summed E-state index contributed by atoms with van der Waals surface area (Å²) in [4.78, 5) is 35.2. The molecule has 1 amide bonds. The van der Waals surface area contributed by atoms with Gasteiger partial charge in [-0.1, -0.05) is 0 Å². The number of amides is 1. The number of hydrogen-bond acceptors (Lipinski definition) is 7. The van der Waals surface area contributed by atoms with Crippen molar-refractivity contribution in [2.45, 2.75) is 12.6 Å². The zero-order chi connectivity index (χ0) is 20.6. The number of nitrogens with zero attached hydrogens (tertiary/aromatic N) is 3. The molecule has 0 fully saturated rings. The van der Waals surface area contributed by atoms with E-state index in [1.807, 2.05) is 0 Å². The number of aromatic nitrogens is 3. The lowest BCUT2D eigenvalue weighted by molar-refractivity contribution is -0.137. The summed E-state index contributed by atoms with van der Waals surface area (Å²) < 4.78 is 40.5. The Kier molecular flexibility index (Phi) is 4.65. The molecule has 0 saturated carbocycles. The number of nitrogen functional groups attached to an aromatic ring is 1. The second kappa shape index (κ2) is 6.81. The molecule has 3 heterocycles. The van der Waals surface area contributed by atoms with Crippen molar-refractivity contribution in [3.8, 4) is 11.1 Å². The Labute approximate surface area is 154 Å². The van der Waals surface area contributed by atoms with E-state index in [9.17, 15) is 22.8 Å². The molecule has 3 rings (SSSR count). The number of halogens is 3. The first-order valence-corrected chi connectivity index (χ1v) is 7.65. The van der Waals surface area contributed by atoms with Crippen molar-refractivity contribution in [2.24, 2.45) is 11.6 Å². The number of alkyl halides is 3. The van der Waals surface area contributed by atoms with Crippen LogP contribution in [0.4, 0.5) is 19.0 Å². The average molecular weight is 394 g/mol. The van der Waals surface area contributed by atoms with Crippen molar-refractivity contribution >= 4 is 23.3 Å². The highest BCUT2D eigenvalue weighted by molar-refractivity contribution is 5.92. The Hall–Kier alpha value is -3.67. The third-order valence-corrected chi connectivity index (χ3v) is 3.89. The van der Waals surface area contributed by atoms with E-state index in [1.165, 1.54) is 22.7 Å². The zero-order valence-corrected chi connectivity index (χ0v) is 14.0. The molecule has 0 saturated heterocycles. The highest BCUT2D eigenvalue weighted by Gasteiger charge is 2.34. The van der Waals surface area contributed by atoms with Crippen molar-refractivity contribution in [2.75, 3.05) is 5.73 Å². The second-order valence-corrected chi connectivity index (χ2v) is 5.76. The van der Waals surface area contributed by atoms with E-state index >= 15 is 0 Å². The number of carbonyl (C=O) groups excluding carboxylic acids is 2. The first-order chi connectivity index (χ1) is 13.1. The quantitative estimate of drug-likeness (QED) is 0.559. The number of carbonyl (C=O) groups is 2. The summed E-state index contributed by atoms with van der Waals surface area (Å²) in [5.41, 5.74) is 9.83. The fraction of sp³-hybridized carbons (Fsp3) is 0.125. The molecule has 146 valence electrons. The molecule has 0 aliphatic heterocycles. The molecule has 0 aliphatic rings. The van der Waals surface area contributed by atoms with Crippen LogP contribution in [0.15, 0.2) is 30.6 Å². The molecule has 12 heteroatoms. The molecule has 3 aromatic heterocycles. The van der Waals surface area contributed by atoms with Gasteiger partial charge in [-0.2, -0.15) is 19.1 Å². The fourth-order valence-corrected chi connectivity index (χ4v) is 2.68. The van der Waals surface area contributed by atoms with Gasteiger partial charge in [-0.05, 0) is 18.2 Å². The van der Waals surface area contributed by atoms with Crippen LogP contribution in [-0.4, -0.2) is 26.2 Å². The minimum Gasteiger partial charge on any atom is -0.383 e. The van der Waals surface area contributed by atoms with Crippen molar-refractivity contribution in [1.29, 1.82) is 0 Å². The molecule has 0 spiro atoms. The molecule has 0 atom stereocenters. The standard InChI is InChI=1S/C16H13F3N6O3/c17-16(18,19)9-3-8(5-23-14(9)21)7-1-2-12-24-10(4-11(20)26)13(15(27)28-22)25(12)6-7/h1-3,5-6H,4,22H2,(H2,20,26)(H2,21,23). The summed E-state index contributed by atoms with van der Waals surface area (Å²) in [5.74, 6) is 2.54. The average Bonchev–Trinajstić information content (AvgIpc) is 2.96. The molecular weight excluding hydrogens is 381 g/mol. The molecule has 0 aliphatic carbocycles. The van der Waals surface area contributed by atoms with E-state index in [-0.39, 0.29) is 34.6 Å². The van der Waals surface area contributed by atoms with Crippen LogP contribution in [0, 0.1) is 0 Å². The van der Waals surface area contributed by atoms with Crippen molar-refractivity contribution in [1.82, 2.24) is 14.4 Å². The molecule has 0 bridgehead atoms. The number of nitrogens with two attached hydrogens (primary N) is 3. The van der Waals surface area contributed by atoms with Gasteiger partial charge in [0, 0.05) is 23.5 Å². The minimum atomic E-state index is -4.69. The number of primary amides is 1. The van der Waals surface area contributed by atoms with Crippen LogP contribution in [-0.2, 0) is 22.2 Å². The lowest BCUT2D eigenvalue weighted by Gasteiger charge is -2.11. The highest BCUT2D eigenvalue weighted by atomic mass is 19.4. The summed E-state index contributed by atoms with van der Waals surface area (Å²) in [6, 6.07) is 3.75. The van der Waals surface area contributed by atoms with E-state index < -0.39 is 29.4 Å². The summed E-state index contributed by atoms with van der Waals surface area (Å²) in [5, 5.41) is 0. The number of anilines is 1. The molecular formula is C16H13F3N6O3. The van der Waals surface area contributed by atoms with Gasteiger partial charge in [0.1, 0.15) is 11.5 Å². The third kappa shape index (κ3) is 3.44. The van der Waals surface area contributed by atoms with E-state index in [0.29, 0.717) is 0 Å². The Morgan fingerprint density at radius 1 is 1.21 bits per heavy atom. The van der Waals surface area contributed by atoms with Gasteiger partial charge in [-0.15, -0.1) is 0 Å². The van der Waals surface area contributed by atoms with Crippen LogP contribution in [0.5, 0.6) is 0 Å². The minimum absolute atomic E-state index is 0.0199. The molecule has 0 radical (unpaired) electrons. The normalized spacial score (nSPS) is 11.6. The maximum absolute atomic E-state index is 13.1. The van der Waals surface area contributed by atoms with Crippen molar-refractivity contribution < 1.29 is 27.6 Å². The fourth-order valence-electron chi connectivity index (χ4n) is 2.68. The van der Waals surface area contributed by atoms with Crippen LogP contribution in [0.3, 0.4) is 0 Å². The van der Waals surface area contributed by atoms with E-state index in [1.54, 1.807) is 0 Å². The lowest BCUT2D eigenvalue weighted by atomic mass is 10.1. The van der Waals surface area contributed by atoms with Crippen LogP contribution < -0.4 is 17.4 Å². The Morgan fingerprint density at radius 2 is 1.93 bits per heavy atom. The van der Waals surface area contributed by atoms with Gasteiger partial charge in [-0.25, -0.2) is 14.8 Å². The largest absolute Gasteiger partial charge is 0.419 e. The molecule has 28 heavy (non-hydrogen) atoms. The maximum atomic E-state index is 13.1. The van der Waals surface area contributed by atoms with E-state index in [0.717, 1.165) is 12.3 Å². The van der Waals surface area contributed by atoms with Gasteiger partial charge < -0.3 is 16.3 Å². The van der Waals surface area contributed by atoms with Crippen LogP contribution in [0.25, 0.3) is 16.8 Å². The molecule has 6 N–H and O–H groups in total. The summed E-state index contributed by atoms with van der Waals surface area (Å²) >= 11 is 0. The lowest BCUT2D eigenvalue weighted by Crippen LogP contribution is -2.19. The van der Waals surface area contributed by atoms with E-state index in [2.05, 4.69) is 14.8 Å². The van der Waals surface area contributed by atoms with Gasteiger partial charge in [0.25, 0.3) is 0 Å². The monoisotopic (exact) mass is 394 g/mol. The predicted molar refractivity (Wildman–Crippen MR) is 90.3 cm³/mol. The topological polar surface area (TPSA) is 152 Å². The Morgan fingerprint density at radius 3 is 2.54 bits per heavy atom. The number of imidazole rings is 1. The number of pyridine rings is 2. The predicted octanol–water partition coefficient (Wildman–Crippen LogP) is 1.06. The van der Waals surface area contributed by atoms with E-state index in [4.69, 9.17) is 17.4 Å². The number of hydrogen-bond donors (Lipinski definition) is 3. The van der Waals surface area contributed by atoms with Crippen LogP contribution >= 0.6 is 0 Å². The first-order valence-electron chi connectivity index (χ1n) is 7.65. The maximum Gasteiger partial charge on any atom is 0.419 e. The zero-order valence-electron chi connectivity index (χ0n) is 14.0. The van der Waals surface area contributed by atoms with Crippen LogP contribution in [0.1, 0.15) is 21.7 Å².